The molecule has 3 heteroatoms. The number of hydrogen-bond donors (Lipinski definition) is 0. The van der Waals surface area contributed by atoms with Crippen molar-refractivity contribution in [1.82, 2.24) is 4.90 Å². The zero-order valence-corrected chi connectivity index (χ0v) is 12.4. The summed E-state index contributed by atoms with van der Waals surface area (Å²) in [7, 11) is 3.32. The fraction of sp³-hybridized carbons (Fsp3) is 0.529. The number of likely N-dealkylation sites (tertiary alicyclic amines) is 1. The van der Waals surface area contributed by atoms with Crippen LogP contribution in [-0.2, 0) is 0 Å². The fourth-order valence-corrected chi connectivity index (χ4v) is 2.86. The monoisotopic (exact) mass is 273 g/mol. The Kier molecular flexibility index (Phi) is 5.31. The van der Waals surface area contributed by atoms with Gasteiger partial charge in [-0.05, 0) is 43.6 Å². The Balaban J connectivity index is 2.26. The van der Waals surface area contributed by atoms with Crippen LogP contribution in [-0.4, -0.2) is 32.2 Å². The maximum atomic E-state index is 5.57. The SMILES string of the molecule is C#CCC(c1ccc(OC)c(OC)c1)N1CCCCC1. The van der Waals surface area contributed by atoms with E-state index in [2.05, 4.69) is 23.0 Å². The average molecular weight is 273 g/mol. The number of benzene rings is 1. The van der Waals surface area contributed by atoms with Crippen molar-refractivity contribution < 1.29 is 9.47 Å². The molecule has 1 atom stereocenters. The van der Waals surface area contributed by atoms with E-state index in [0.717, 1.165) is 31.0 Å². The number of ether oxygens (including phenoxy) is 2. The number of nitrogens with zero attached hydrogens (tertiary/aromatic N) is 1. The van der Waals surface area contributed by atoms with Gasteiger partial charge in [-0.2, -0.15) is 0 Å². The number of terminal acetylenes is 1. The van der Waals surface area contributed by atoms with Gasteiger partial charge in [0.15, 0.2) is 11.5 Å². The number of methoxy groups -OCH3 is 2. The Labute approximate surface area is 121 Å². The summed E-state index contributed by atoms with van der Waals surface area (Å²) in [6.07, 6.45) is 10.1. The molecule has 1 aromatic rings. The van der Waals surface area contributed by atoms with Crippen molar-refractivity contribution in [2.24, 2.45) is 0 Å². The minimum absolute atomic E-state index is 0.278. The molecule has 1 aromatic carbocycles. The maximum absolute atomic E-state index is 5.57. The molecule has 1 aliphatic heterocycles. The average Bonchev–Trinajstić information content (AvgIpc) is 2.52. The highest BCUT2D eigenvalue weighted by atomic mass is 16.5. The van der Waals surface area contributed by atoms with Crippen molar-refractivity contribution in [2.75, 3.05) is 27.3 Å². The molecule has 1 fully saturated rings. The van der Waals surface area contributed by atoms with Crippen molar-refractivity contribution in [2.45, 2.75) is 31.7 Å². The highest BCUT2D eigenvalue weighted by Gasteiger charge is 2.22. The standard InChI is InChI=1S/C17H23NO2/c1-4-8-15(18-11-6-5-7-12-18)14-9-10-16(19-2)17(13-14)20-3/h1,9-10,13,15H,5-8,11-12H2,2-3H3. The summed E-state index contributed by atoms with van der Waals surface area (Å²) < 4.78 is 10.7. The second kappa shape index (κ2) is 7.21. The summed E-state index contributed by atoms with van der Waals surface area (Å²) in [6.45, 7) is 2.25. The van der Waals surface area contributed by atoms with Crippen LogP contribution in [0.5, 0.6) is 11.5 Å². The smallest absolute Gasteiger partial charge is 0.161 e. The molecule has 0 bridgehead atoms. The van der Waals surface area contributed by atoms with Crippen molar-refractivity contribution in [3.8, 4) is 23.8 Å². The third kappa shape index (κ3) is 3.26. The first-order valence-electron chi connectivity index (χ1n) is 7.19. The fourth-order valence-electron chi connectivity index (χ4n) is 2.86. The number of hydrogen-bond acceptors (Lipinski definition) is 3. The van der Waals surface area contributed by atoms with Gasteiger partial charge in [0.2, 0.25) is 0 Å². The van der Waals surface area contributed by atoms with Crippen LogP contribution in [0.2, 0.25) is 0 Å². The molecule has 1 aliphatic rings. The minimum atomic E-state index is 0.278. The molecule has 20 heavy (non-hydrogen) atoms. The molecule has 1 heterocycles. The summed E-state index contributed by atoms with van der Waals surface area (Å²) in [5, 5.41) is 0. The van der Waals surface area contributed by atoms with Crippen LogP contribution in [0.15, 0.2) is 18.2 Å². The zero-order chi connectivity index (χ0) is 14.4. The molecule has 0 aromatic heterocycles. The van der Waals surface area contributed by atoms with Crippen molar-refractivity contribution in [3.05, 3.63) is 23.8 Å². The first-order chi connectivity index (χ1) is 9.80. The molecule has 108 valence electrons. The Hall–Kier alpha value is -1.66. The van der Waals surface area contributed by atoms with E-state index in [1.54, 1.807) is 14.2 Å². The Morgan fingerprint density at radius 2 is 1.85 bits per heavy atom. The first kappa shape index (κ1) is 14.7. The van der Waals surface area contributed by atoms with Crippen LogP contribution in [0.3, 0.4) is 0 Å². The zero-order valence-electron chi connectivity index (χ0n) is 12.4. The highest BCUT2D eigenvalue weighted by molar-refractivity contribution is 5.44. The van der Waals surface area contributed by atoms with Gasteiger partial charge in [-0.25, -0.2) is 0 Å². The van der Waals surface area contributed by atoms with Crippen LogP contribution in [0, 0.1) is 12.3 Å². The molecular formula is C17H23NO2. The van der Waals surface area contributed by atoms with E-state index in [1.807, 2.05) is 6.07 Å². The Morgan fingerprint density at radius 1 is 1.15 bits per heavy atom. The molecule has 0 aliphatic carbocycles. The Bertz CT molecular complexity index is 472. The summed E-state index contributed by atoms with van der Waals surface area (Å²) in [6, 6.07) is 6.38. The maximum Gasteiger partial charge on any atom is 0.161 e. The van der Waals surface area contributed by atoms with E-state index < -0.39 is 0 Å². The molecule has 2 rings (SSSR count). The second-order valence-corrected chi connectivity index (χ2v) is 5.14. The van der Waals surface area contributed by atoms with Crippen LogP contribution in [0.25, 0.3) is 0 Å². The van der Waals surface area contributed by atoms with Crippen molar-refractivity contribution in [1.29, 1.82) is 0 Å². The lowest BCUT2D eigenvalue weighted by Crippen LogP contribution is -2.33. The van der Waals surface area contributed by atoms with Gasteiger partial charge < -0.3 is 9.47 Å². The van der Waals surface area contributed by atoms with Gasteiger partial charge in [-0.3, -0.25) is 4.90 Å². The quantitative estimate of drug-likeness (QED) is 0.769. The van der Waals surface area contributed by atoms with E-state index in [1.165, 1.54) is 24.8 Å². The third-order valence-electron chi connectivity index (χ3n) is 3.93. The van der Waals surface area contributed by atoms with Gasteiger partial charge in [0, 0.05) is 12.5 Å². The third-order valence-corrected chi connectivity index (χ3v) is 3.93. The number of rotatable bonds is 5. The van der Waals surface area contributed by atoms with Crippen LogP contribution >= 0.6 is 0 Å². The van der Waals surface area contributed by atoms with E-state index in [-0.39, 0.29) is 6.04 Å². The van der Waals surface area contributed by atoms with E-state index >= 15 is 0 Å². The molecule has 1 saturated heterocycles. The minimum Gasteiger partial charge on any atom is -0.493 e. The van der Waals surface area contributed by atoms with E-state index in [9.17, 15) is 0 Å². The van der Waals surface area contributed by atoms with Gasteiger partial charge in [0.05, 0.1) is 14.2 Å². The predicted molar refractivity (Wildman–Crippen MR) is 81.2 cm³/mol. The summed E-state index contributed by atoms with van der Waals surface area (Å²) in [5.74, 6) is 4.34. The van der Waals surface area contributed by atoms with Gasteiger partial charge in [0.1, 0.15) is 0 Å². The Morgan fingerprint density at radius 3 is 2.45 bits per heavy atom. The van der Waals surface area contributed by atoms with Gasteiger partial charge in [-0.1, -0.05) is 12.5 Å². The topological polar surface area (TPSA) is 21.7 Å². The lowest BCUT2D eigenvalue weighted by atomic mass is 9.99. The molecule has 0 amide bonds. The second-order valence-electron chi connectivity index (χ2n) is 5.14. The normalized spacial score (nSPS) is 17.2. The molecule has 0 radical (unpaired) electrons. The van der Waals surface area contributed by atoms with Gasteiger partial charge >= 0.3 is 0 Å². The first-order valence-corrected chi connectivity index (χ1v) is 7.19. The van der Waals surface area contributed by atoms with Gasteiger partial charge in [0.25, 0.3) is 0 Å². The largest absolute Gasteiger partial charge is 0.493 e. The number of piperidine rings is 1. The summed E-state index contributed by atoms with van der Waals surface area (Å²) in [4.78, 5) is 2.49. The van der Waals surface area contributed by atoms with Crippen molar-refractivity contribution >= 4 is 0 Å². The predicted octanol–water partition coefficient (Wildman–Crippen LogP) is 3.25. The summed E-state index contributed by atoms with van der Waals surface area (Å²) >= 11 is 0. The molecular weight excluding hydrogens is 250 g/mol. The van der Waals surface area contributed by atoms with Crippen LogP contribution in [0.1, 0.15) is 37.3 Å². The van der Waals surface area contributed by atoms with E-state index in [4.69, 9.17) is 15.9 Å². The molecule has 0 saturated carbocycles. The lowest BCUT2D eigenvalue weighted by molar-refractivity contribution is 0.165. The van der Waals surface area contributed by atoms with Gasteiger partial charge in [-0.15, -0.1) is 12.3 Å². The summed E-state index contributed by atoms with van der Waals surface area (Å²) in [5.41, 5.74) is 1.21. The van der Waals surface area contributed by atoms with Crippen LogP contribution in [0.4, 0.5) is 0 Å². The van der Waals surface area contributed by atoms with E-state index in [0.29, 0.717) is 0 Å². The molecule has 0 spiro atoms. The lowest BCUT2D eigenvalue weighted by Gasteiger charge is -2.34. The molecule has 0 N–H and O–H groups in total. The molecule has 3 nitrogen and oxygen atoms in total. The highest BCUT2D eigenvalue weighted by Crippen LogP contribution is 2.34. The van der Waals surface area contributed by atoms with Crippen molar-refractivity contribution in [3.63, 3.8) is 0 Å². The molecule has 1 unspecified atom stereocenters. The van der Waals surface area contributed by atoms with Crippen LogP contribution < -0.4 is 9.47 Å².